The van der Waals surface area contributed by atoms with Crippen LogP contribution in [0.5, 0.6) is 5.75 Å². The van der Waals surface area contributed by atoms with E-state index in [-0.39, 0.29) is 35.1 Å². The van der Waals surface area contributed by atoms with E-state index < -0.39 is 0 Å². The lowest BCUT2D eigenvalue weighted by atomic mass is 9.78. The van der Waals surface area contributed by atoms with E-state index in [4.69, 9.17) is 16.3 Å². The number of anilines is 2. The van der Waals surface area contributed by atoms with Gasteiger partial charge >= 0.3 is 5.97 Å². The Hall–Kier alpha value is -5.64. The molecule has 6 heteroatoms. The molecule has 0 aromatic heterocycles. The summed E-state index contributed by atoms with van der Waals surface area (Å²) in [4.78, 5) is 15.4. The molecule has 6 aromatic rings. The molecule has 0 N–H and O–H groups in total. The minimum atomic E-state index is -0.388. The van der Waals surface area contributed by atoms with Crippen molar-refractivity contribution in [3.8, 4) is 5.75 Å². The normalized spacial score (nSPS) is 17.9. The highest BCUT2D eigenvalue weighted by Gasteiger charge is 2.45. The first-order valence-electron chi connectivity index (χ1n) is 20.5. The van der Waals surface area contributed by atoms with Crippen LogP contribution in [-0.2, 0) is 10.8 Å². The molecule has 4 nitrogen and oxygen atoms in total. The van der Waals surface area contributed by atoms with E-state index in [0.717, 1.165) is 47.9 Å². The molecule has 0 saturated carbocycles. The van der Waals surface area contributed by atoms with E-state index in [2.05, 4.69) is 141 Å². The summed E-state index contributed by atoms with van der Waals surface area (Å²) in [5.41, 5.74) is 13.3. The molecule has 9 rings (SSSR count). The zero-order chi connectivity index (χ0) is 40.2. The van der Waals surface area contributed by atoms with Crippen LogP contribution in [0.1, 0.15) is 75.4 Å². The van der Waals surface area contributed by atoms with E-state index in [1.54, 1.807) is 12.1 Å². The molecule has 296 valence electrons. The third-order valence-electron chi connectivity index (χ3n) is 12.4. The molecule has 1 unspecified atom stereocenters. The Morgan fingerprint density at radius 3 is 2.14 bits per heavy atom. The predicted molar refractivity (Wildman–Crippen MR) is 240 cm³/mol. The monoisotopic (exact) mass is 814 g/mol. The second-order valence-electron chi connectivity index (χ2n) is 16.7. The second-order valence-corrected chi connectivity index (χ2v) is 17.1. The number of para-hydroxylation sites is 1. The maximum atomic E-state index is 13.1. The van der Waals surface area contributed by atoms with E-state index in [1.165, 1.54) is 49.6 Å². The Bertz CT molecular complexity index is 2790. The van der Waals surface area contributed by atoms with Gasteiger partial charge in [-0.1, -0.05) is 90.5 Å². The van der Waals surface area contributed by atoms with Gasteiger partial charge in [0.2, 0.25) is 5.69 Å². The van der Waals surface area contributed by atoms with Crippen LogP contribution < -0.4 is 22.0 Å². The summed E-state index contributed by atoms with van der Waals surface area (Å²) in [6, 6.07) is 43.1. The number of fused-ring (bicyclic) bond motifs is 6. The molecule has 1 aliphatic carbocycles. The lowest BCUT2D eigenvalue weighted by Gasteiger charge is -2.26. The second kappa shape index (κ2) is 15.8. The van der Waals surface area contributed by atoms with E-state index in [9.17, 15) is 4.79 Å². The number of halogens is 2. The van der Waals surface area contributed by atoms with Gasteiger partial charge in [0.1, 0.15) is 12.3 Å². The summed E-state index contributed by atoms with van der Waals surface area (Å²) in [6.45, 7) is 12.4. The smallest absolute Gasteiger partial charge is 0.343 e. The molecule has 2 aliphatic heterocycles. The van der Waals surface area contributed by atoms with Crippen molar-refractivity contribution >= 4 is 61.9 Å². The number of ether oxygens (including phenoxy) is 1. The van der Waals surface area contributed by atoms with Crippen LogP contribution in [0.2, 0.25) is 0 Å². The summed E-state index contributed by atoms with van der Waals surface area (Å²) >= 11 is 7.39. The third-order valence-corrected chi connectivity index (χ3v) is 13.0. The SMILES string of the molecule is CC[N+]1=C(/C=C/C2=C(Cl)C(C=C=C3N(c4ccc(C(=O)Oc5ccccc5)cc4)c4ccc5ccccc5c4C3(C)C)CCC2)C(C)(C)c2c1ccc1ccccc21.[Cl-]. The average Bonchev–Trinajstić information content (AvgIpc) is 3.61. The number of carbonyl (C=O) groups is 1. The molecular weight excluding hydrogens is 768 g/mol. The molecule has 0 amide bonds. The van der Waals surface area contributed by atoms with Crippen molar-refractivity contribution in [3.63, 3.8) is 0 Å². The number of carbonyl (C=O) groups excluding carboxylic acids is 1. The Morgan fingerprint density at radius 1 is 0.797 bits per heavy atom. The van der Waals surface area contributed by atoms with Crippen molar-refractivity contribution < 1.29 is 26.5 Å². The van der Waals surface area contributed by atoms with Crippen molar-refractivity contribution in [1.29, 1.82) is 0 Å². The van der Waals surface area contributed by atoms with E-state index >= 15 is 0 Å². The van der Waals surface area contributed by atoms with Crippen molar-refractivity contribution in [1.82, 2.24) is 0 Å². The first-order valence-corrected chi connectivity index (χ1v) is 20.9. The van der Waals surface area contributed by atoms with Gasteiger partial charge in [-0.3, -0.25) is 0 Å². The van der Waals surface area contributed by atoms with Crippen LogP contribution >= 0.6 is 11.6 Å². The number of rotatable bonds is 7. The summed E-state index contributed by atoms with van der Waals surface area (Å²) < 4.78 is 8.11. The Morgan fingerprint density at radius 2 is 1.44 bits per heavy atom. The van der Waals surface area contributed by atoms with Gasteiger partial charge in [-0.15, -0.1) is 5.73 Å². The summed E-state index contributed by atoms with van der Waals surface area (Å²) in [5, 5.41) is 5.92. The Labute approximate surface area is 358 Å². The average molecular weight is 816 g/mol. The fourth-order valence-electron chi connectivity index (χ4n) is 9.59. The van der Waals surface area contributed by atoms with Crippen molar-refractivity contribution in [2.45, 2.75) is 64.7 Å². The summed E-state index contributed by atoms with van der Waals surface area (Å²) in [6.07, 6.45) is 9.76. The van der Waals surface area contributed by atoms with Gasteiger partial charge in [-0.05, 0) is 141 Å². The molecule has 0 radical (unpaired) electrons. The van der Waals surface area contributed by atoms with Crippen molar-refractivity contribution in [2.75, 3.05) is 11.4 Å². The highest BCUT2D eigenvalue weighted by molar-refractivity contribution is 6.30. The standard InChI is InChI=1S/C53H48ClN2O2.ClH/c1-6-55-44-31-25-35-15-10-12-21-42(35)48(44)52(2,3)46(55)33-27-37-17-14-18-38(50(37)54)28-34-47-53(4,5)49-43-22-13-11-16-36(43)26-32-45(49)56(47)40-29-23-39(24-30-40)51(57)58-41-19-8-7-9-20-41;/h7-13,15-16,19-33,38H,6,14,17-18H2,1-5H3;1H/q+1;/p-1/b33-27+;. The molecule has 3 aliphatic rings. The van der Waals surface area contributed by atoms with Crippen LogP contribution in [0.15, 0.2) is 168 Å². The van der Waals surface area contributed by atoms with Crippen LogP contribution in [0.25, 0.3) is 21.5 Å². The number of hydrogen-bond acceptors (Lipinski definition) is 3. The zero-order valence-electron chi connectivity index (χ0n) is 34.2. The van der Waals surface area contributed by atoms with Crippen LogP contribution in [0.4, 0.5) is 17.1 Å². The third kappa shape index (κ3) is 6.94. The quantitative estimate of drug-likeness (QED) is 0.0696. The predicted octanol–water partition coefficient (Wildman–Crippen LogP) is 10.6. The fraction of sp³-hybridized carbons (Fsp3) is 0.226. The number of allylic oxidation sites excluding steroid dienone is 5. The number of nitrogens with zero attached hydrogens (tertiary/aromatic N) is 2. The van der Waals surface area contributed by atoms with E-state index in [1.807, 2.05) is 42.5 Å². The molecule has 2 heterocycles. The summed E-state index contributed by atoms with van der Waals surface area (Å²) in [7, 11) is 0. The summed E-state index contributed by atoms with van der Waals surface area (Å²) in [5.74, 6) is 0.174. The topological polar surface area (TPSA) is 32.5 Å². The minimum Gasteiger partial charge on any atom is -1.00 e. The van der Waals surface area contributed by atoms with Crippen LogP contribution in [0, 0.1) is 5.92 Å². The number of benzene rings is 6. The minimum absolute atomic E-state index is 0. The Balaban J connectivity index is 0.00000484. The molecule has 6 aromatic carbocycles. The van der Waals surface area contributed by atoms with Gasteiger partial charge in [0.05, 0.1) is 22.4 Å². The van der Waals surface area contributed by atoms with Crippen LogP contribution in [-0.4, -0.2) is 22.8 Å². The molecule has 0 spiro atoms. The van der Waals surface area contributed by atoms with Gasteiger partial charge in [0.25, 0.3) is 0 Å². The van der Waals surface area contributed by atoms with Crippen molar-refractivity contribution in [3.05, 3.63) is 184 Å². The van der Waals surface area contributed by atoms with Gasteiger partial charge in [0.15, 0.2) is 5.71 Å². The maximum Gasteiger partial charge on any atom is 0.343 e. The first kappa shape index (κ1) is 40.2. The lowest BCUT2D eigenvalue weighted by molar-refractivity contribution is -0.433. The number of hydrogen-bond donors (Lipinski definition) is 0. The largest absolute Gasteiger partial charge is 1.00 e. The Kier molecular flexibility index (Phi) is 10.8. The van der Waals surface area contributed by atoms with Gasteiger partial charge in [-0.2, -0.15) is 4.58 Å². The molecular formula is C53H48Cl2N2O2. The fourth-order valence-corrected chi connectivity index (χ4v) is 9.92. The van der Waals surface area contributed by atoms with Gasteiger partial charge in [-0.25, -0.2) is 4.79 Å². The first-order chi connectivity index (χ1) is 28.1. The van der Waals surface area contributed by atoms with E-state index in [0.29, 0.717) is 11.3 Å². The maximum absolute atomic E-state index is 13.1. The van der Waals surface area contributed by atoms with Gasteiger partial charge < -0.3 is 22.0 Å². The van der Waals surface area contributed by atoms with Crippen LogP contribution in [0.3, 0.4) is 0 Å². The molecule has 0 saturated heterocycles. The van der Waals surface area contributed by atoms with Gasteiger partial charge in [0, 0.05) is 39.8 Å². The molecule has 1 atom stereocenters. The highest BCUT2D eigenvalue weighted by Crippen LogP contribution is 2.53. The molecule has 59 heavy (non-hydrogen) atoms. The lowest BCUT2D eigenvalue weighted by Crippen LogP contribution is -3.00. The number of esters is 1. The molecule has 0 bridgehead atoms. The highest BCUT2D eigenvalue weighted by atomic mass is 35.5. The zero-order valence-corrected chi connectivity index (χ0v) is 35.7. The van der Waals surface area contributed by atoms with Crippen molar-refractivity contribution in [2.24, 2.45) is 5.92 Å². The molecule has 0 fully saturated rings.